The molecule has 0 spiro atoms. The van der Waals surface area contributed by atoms with Gasteiger partial charge in [0.15, 0.2) is 11.6 Å². The van der Waals surface area contributed by atoms with Gasteiger partial charge in [-0.3, -0.25) is 4.79 Å². The van der Waals surface area contributed by atoms with Crippen LogP contribution in [-0.2, 0) is 4.79 Å². The molecule has 1 N–H and O–H groups in total. The minimum atomic E-state index is -1.18. The number of anilines is 1. The lowest BCUT2D eigenvalue weighted by atomic mass is 10.1. The van der Waals surface area contributed by atoms with E-state index >= 15 is 0 Å². The zero-order chi connectivity index (χ0) is 14.6. The summed E-state index contributed by atoms with van der Waals surface area (Å²) in [7, 11) is 0. The van der Waals surface area contributed by atoms with E-state index in [-0.39, 0.29) is 11.6 Å². The lowest BCUT2D eigenvalue weighted by Crippen LogP contribution is -2.38. The molecular formula is C13H14F2N2O2. The molecule has 0 aromatic heterocycles. The Bertz CT molecular complexity index is 503. The molecule has 102 valence electrons. The van der Waals surface area contributed by atoms with Crippen molar-refractivity contribution in [3.05, 3.63) is 29.3 Å². The summed E-state index contributed by atoms with van der Waals surface area (Å²) in [6, 6.07) is 3.10. The number of aliphatic carboxylic acids is 1. The number of halogens is 2. The number of rotatable bonds is 5. The molecule has 0 amide bonds. The molecule has 1 aromatic rings. The molecule has 0 aliphatic heterocycles. The summed E-state index contributed by atoms with van der Waals surface area (Å²) in [6.07, 6.45) is 0.534. The molecule has 0 radical (unpaired) electrons. The van der Waals surface area contributed by atoms with Gasteiger partial charge >= 0.3 is 5.97 Å². The van der Waals surface area contributed by atoms with E-state index in [0.29, 0.717) is 6.42 Å². The lowest BCUT2D eigenvalue weighted by Gasteiger charge is -2.29. The highest BCUT2D eigenvalue weighted by molar-refractivity contribution is 5.74. The summed E-state index contributed by atoms with van der Waals surface area (Å²) in [5, 5.41) is 17.5. The van der Waals surface area contributed by atoms with Gasteiger partial charge in [-0.2, -0.15) is 5.26 Å². The molecule has 0 saturated carbocycles. The molecule has 6 heteroatoms. The molecule has 0 bridgehead atoms. The maximum atomic E-state index is 13.9. The fourth-order valence-electron chi connectivity index (χ4n) is 1.73. The van der Waals surface area contributed by atoms with Gasteiger partial charge in [-0.05, 0) is 25.5 Å². The molecule has 0 heterocycles. The quantitative estimate of drug-likeness (QED) is 0.891. The number of nitrogens with zero attached hydrogens (tertiary/aromatic N) is 2. The lowest BCUT2D eigenvalue weighted by molar-refractivity contribution is -0.135. The first-order valence-corrected chi connectivity index (χ1v) is 5.78. The van der Waals surface area contributed by atoms with Crippen molar-refractivity contribution in [2.45, 2.75) is 26.3 Å². The Morgan fingerprint density at radius 1 is 1.47 bits per heavy atom. The summed E-state index contributed by atoms with van der Waals surface area (Å²) in [5.74, 6) is -3.04. The Morgan fingerprint density at radius 3 is 2.37 bits per heavy atom. The number of carbonyl (C=O) groups is 1. The molecule has 1 aromatic carbocycles. The van der Waals surface area contributed by atoms with E-state index in [9.17, 15) is 13.6 Å². The molecule has 19 heavy (non-hydrogen) atoms. The van der Waals surface area contributed by atoms with E-state index in [0.717, 1.165) is 17.0 Å². The van der Waals surface area contributed by atoms with Crippen LogP contribution in [0.1, 0.15) is 25.8 Å². The molecule has 0 aliphatic carbocycles. The monoisotopic (exact) mass is 268 g/mol. The van der Waals surface area contributed by atoms with Crippen LogP contribution in [-0.4, -0.2) is 23.7 Å². The van der Waals surface area contributed by atoms with Gasteiger partial charge in [0.2, 0.25) is 0 Å². The van der Waals surface area contributed by atoms with Gasteiger partial charge in [0.05, 0.1) is 11.6 Å². The summed E-state index contributed by atoms with van der Waals surface area (Å²) in [4.78, 5) is 12.0. The maximum absolute atomic E-state index is 13.9. The van der Waals surface area contributed by atoms with Gasteiger partial charge in [-0.25, -0.2) is 8.78 Å². The Hall–Kier alpha value is -2.16. The molecule has 0 aliphatic rings. The second-order valence-corrected chi connectivity index (χ2v) is 4.18. The van der Waals surface area contributed by atoms with Crippen molar-refractivity contribution in [2.24, 2.45) is 0 Å². The Morgan fingerprint density at radius 2 is 2.00 bits per heavy atom. The Balaban J connectivity index is 3.30. The number of carboxylic acid groups (broad SMARTS) is 1. The van der Waals surface area contributed by atoms with Gasteiger partial charge in [0, 0.05) is 6.04 Å². The molecule has 1 unspecified atom stereocenters. The topological polar surface area (TPSA) is 64.3 Å². The number of hydrogen-bond acceptors (Lipinski definition) is 3. The van der Waals surface area contributed by atoms with E-state index in [4.69, 9.17) is 10.4 Å². The van der Waals surface area contributed by atoms with Gasteiger partial charge in [0.1, 0.15) is 12.2 Å². The SMILES string of the molecule is CCC(C)N(CC(=O)O)c1c(F)cc(C#N)cc1F. The second kappa shape index (κ2) is 6.14. The van der Waals surface area contributed by atoms with Crippen molar-refractivity contribution in [1.29, 1.82) is 5.26 Å². The first-order chi connectivity index (χ1) is 8.90. The van der Waals surface area contributed by atoms with Crippen LogP contribution in [0.3, 0.4) is 0 Å². The first kappa shape index (κ1) is 14.9. The van der Waals surface area contributed by atoms with Gasteiger partial charge in [0.25, 0.3) is 0 Å². The molecule has 0 fully saturated rings. The molecule has 0 saturated heterocycles. The fourth-order valence-corrected chi connectivity index (χ4v) is 1.73. The van der Waals surface area contributed by atoms with Crippen LogP contribution in [0.15, 0.2) is 12.1 Å². The Kier molecular flexibility index (Phi) is 4.81. The van der Waals surface area contributed by atoms with Crippen molar-refractivity contribution < 1.29 is 18.7 Å². The van der Waals surface area contributed by atoms with E-state index in [1.165, 1.54) is 0 Å². The standard InChI is InChI=1S/C13H14F2N2O2/c1-3-8(2)17(7-12(18)19)13-10(14)4-9(6-16)5-11(13)15/h4-5,8H,3,7H2,1-2H3,(H,18,19). The Labute approximate surface area is 109 Å². The van der Waals surface area contributed by atoms with Crippen molar-refractivity contribution in [1.82, 2.24) is 0 Å². The number of hydrogen-bond donors (Lipinski definition) is 1. The van der Waals surface area contributed by atoms with Crippen molar-refractivity contribution in [2.75, 3.05) is 11.4 Å². The van der Waals surface area contributed by atoms with Crippen LogP contribution in [0.4, 0.5) is 14.5 Å². The van der Waals surface area contributed by atoms with Crippen LogP contribution in [0.2, 0.25) is 0 Å². The number of nitriles is 1. The minimum Gasteiger partial charge on any atom is -0.480 e. The zero-order valence-electron chi connectivity index (χ0n) is 10.7. The van der Waals surface area contributed by atoms with Gasteiger partial charge < -0.3 is 10.0 Å². The summed E-state index contributed by atoms with van der Waals surface area (Å²) < 4.78 is 27.7. The third-order valence-electron chi connectivity index (χ3n) is 2.86. The molecule has 1 atom stereocenters. The van der Waals surface area contributed by atoms with E-state index in [1.54, 1.807) is 19.9 Å². The summed E-state index contributed by atoms with van der Waals surface area (Å²) in [6.45, 7) is 2.97. The second-order valence-electron chi connectivity index (χ2n) is 4.18. The highest BCUT2D eigenvalue weighted by atomic mass is 19.1. The third-order valence-corrected chi connectivity index (χ3v) is 2.86. The van der Waals surface area contributed by atoms with Crippen LogP contribution >= 0.6 is 0 Å². The van der Waals surface area contributed by atoms with Gasteiger partial charge in [-0.1, -0.05) is 6.92 Å². The normalized spacial score (nSPS) is 11.7. The van der Waals surface area contributed by atoms with Crippen molar-refractivity contribution in [3.8, 4) is 6.07 Å². The first-order valence-electron chi connectivity index (χ1n) is 5.78. The fraction of sp³-hybridized carbons (Fsp3) is 0.385. The summed E-state index contributed by atoms with van der Waals surface area (Å²) in [5.41, 5.74) is -0.547. The van der Waals surface area contributed by atoms with E-state index in [1.807, 2.05) is 0 Å². The van der Waals surface area contributed by atoms with Crippen LogP contribution in [0.25, 0.3) is 0 Å². The predicted octanol–water partition coefficient (Wildman–Crippen LogP) is 2.53. The smallest absolute Gasteiger partial charge is 0.323 e. The molecular weight excluding hydrogens is 254 g/mol. The van der Waals surface area contributed by atoms with Gasteiger partial charge in [-0.15, -0.1) is 0 Å². The maximum Gasteiger partial charge on any atom is 0.323 e. The van der Waals surface area contributed by atoms with Crippen LogP contribution < -0.4 is 4.90 Å². The minimum absolute atomic E-state index is 0.141. The average Bonchev–Trinajstić information content (AvgIpc) is 2.35. The molecule has 4 nitrogen and oxygen atoms in total. The summed E-state index contributed by atoms with van der Waals surface area (Å²) >= 11 is 0. The van der Waals surface area contributed by atoms with Crippen LogP contribution in [0.5, 0.6) is 0 Å². The van der Waals surface area contributed by atoms with E-state index < -0.39 is 29.8 Å². The molecule has 1 rings (SSSR count). The third kappa shape index (κ3) is 3.41. The zero-order valence-corrected chi connectivity index (χ0v) is 10.7. The van der Waals surface area contributed by atoms with Crippen molar-refractivity contribution >= 4 is 11.7 Å². The van der Waals surface area contributed by atoms with E-state index in [2.05, 4.69) is 0 Å². The average molecular weight is 268 g/mol. The number of benzene rings is 1. The number of carboxylic acids is 1. The van der Waals surface area contributed by atoms with Crippen molar-refractivity contribution in [3.63, 3.8) is 0 Å². The van der Waals surface area contributed by atoms with Crippen LogP contribution in [0, 0.1) is 23.0 Å². The largest absolute Gasteiger partial charge is 0.480 e. The highest BCUT2D eigenvalue weighted by Crippen LogP contribution is 2.27. The predicted molar refractivity (Wildman–Crippen MR) is 65.8 cm³/mol. The highest BCUT2D eigenvalue weighted by Gasteiger charge is 2.23.